The molecule has 2 aromatic heterocycles. The lowest BCUT2D eigenvalue weighted by molar-refractivity contribution is 0.116. The molecule has 0 radical (unpaired) electrons. The molecule has 0 amide bonds. The van der Waals surface area contributed by atoms with Crippen molar-refractivity contribution in [1.29, 1.82) is 0 Å². The standard InChI is InChI=1S/C13H8F3N5O/c14-8-3-1-2-4-9(8)19-13-17-5-7(6-18-13)11-20-21-12(22-11)10(15)16/h1-6,10H,(H,17,18,19). The summed E-state index contributed by atoms with van der Waals surface area (Å²) in [5, 5.41) is 9.38. The Balaban J connectivity index is 1.79. The van der Waals surface area contributed by atoms with Crippen LogP contribution >= 0.6 is 0 Å². The molecule has 3 rings (SSSR count). The van der Waals surface area contributed by atoms with Crippen molar-refractivity contribution < 1.29 is 17.6 Å². The normalized spacial score (nSPS) is 10.9. The molecule has 0 spiro atoms. The van der Waals surface area contributed by atoms with Crippen molar-refractivity contribution in [1.82, 2.24) is 20.2 Å². The maximum atomic E-state index is 13.5. The number of halogens is 3. The molecule has 0 saturated carbocycles. The Labute approximate surface area is 122 Å². The minimum atomic E-state index is -2.84. The molecule has 0 fully saturated rings. The molecular formula is C13H8F3N5O. The van der Waals surface area contributed by atoms with E-state index in [9.17, 15) is 13.2 Å². The van der Waals surface area contributed by atoms with Crippen LogP contribution in [0.1, 0.15) is 12.3 Å². The highest BCUT2D eigenvalue weighted by Gasteiger charge is 2.17. The first-order valence-corrected chi connectivity index (χ1v) is 6.09. The van der Waals surface area contributed by atoms with Crippen LogP contribution in [0.5, 0.6) is 0 Å². The van der Waals surface area contributed by atoms with Crippen LogP contribution < -0.4 is 5.32 Å². The first-order chi connectivity index (χ1) is 10.6. The molecule has 3 aromatic rings. The fourth-order valence-electron chi connectivity index (χ4n) is 1.63. The molecule has 1 aromatic carbocycles. The van der Waals surface area contributed by atoms with Gasteiger partial charge >= 0.3 is 6.43 Å². The summed E-state index contributed by atoms with van der Waals surface area (Å²) in [6.07, 6.45) is -0.234. The van der Waals surface area contributed by atoms with E-state index in [-0.39, 0.29) is 23.1 Å². The van der Waals surface area contributed by atoms with E-state index in [4.69, 9.17) is 4.42 Å². The topological polar surface area (TPSA) is 76.7 Å². The van der Waals surface area contributed by atoms with Crippen LogP contribution in [0.15, 0.2) is 41.1 Å². The number of hydrogen-bond donors (Lipinski definition) is 1. The zero-order valence-corrected chi connectivity index (χ0v) is 10.9. The van der Waals surface area contributed by atoms with Crippen molar-refractivity contribution >= 4 is 11.6 Å². The first kappa shape index (κ1) is 14.0. The summed E-state index contributed by atoms with van der Waals surface area (Å²) in [6, 6.07) is 6.03. The number of alkyl halides is 2. The molecule has 9 heteroatoms. The van der Waals surface area contributed by atoms with Gasteiger partial charge in [0.2, 0.25) is 5.95 Å². The van der Waals surface area contributed by atoms with Gasteiger partial charge < -0.3 is 9.73 Å². The van der Waals surface area contributed by atoms with Crippen LogP contribution in [0.4, 0.5) is 24.8 Å². The Kier molecular flexibility index (Phi) is 3.69. The van der Waals surface area contributed by atoms with Gasteiger partial charge in [-0.1, -0.05) is 12.1 Å². The number of hydrogen-bond acceptors (Lipinski definition) is 6. The summed E-state index contributed by atoms with van der Waals surface area (Å²) >= 11 is 0. The first-order valence-electron chi connectivity index (χ1n) is 6.09. The molecule has 0 atom stereocenters. The molecule has 0 unspecified atom stereocenters. The van der Waals surface area contributed by atoms with E-state index in [1.807, 2.05) is 0 Å². The number of benzene rings is 1. The maximum Gasteiger partial charge on any atom is 0.314 e. The van der Waals surface area contributed by atoms with E-state index >= 15 is 0 Å². The lowest BCUT2D eigenvalue weighted by Gasteiger charge is -2.05. The number of aromatic nitrogens is 4. The van der Waals surface area contributed by atoms with Gasteiger partial charge in [0.25, 0.3) is 11.8 Å². The highest BCUT2D eigenvalue weighted by Crippen LogP contribution is 2.23. The zero-order chi connectivity index (χ0) is 15.5. The highest BCUT2D eigenvalue weighted by atomic mass is 19.3. The second-order valence-electron chi connectivity index (χ2n) is 4.15. The van der Waals surface area contributed by atoms with Crippen molar-refractivity contribution in [2.24, 2.45) is 0 Å². The smallest absolute Gasteiger partial charge is 0.314 e. The van der Waals surface area contributed by atoms with Crippen LogP contribution in [0.2, 0.25) is 0 Å². The third-order valence-corrected chi connectivity index (χ3v) is 2.65. The molecule has 2 heterocycles. The number of para-hydroxylation sites is 1. The predicted octanol–water partition coefficient (Wildman–Crippen LogP) is 3.35. The lowest BCUT2D eigenvalue weighted by atomic mass is 10.3. The van der Waals surface area contributed by atoms with Gasteiger partial charge in [-0.2, -0.15) is 8.78 Å². The fourth-order valence-corrected chi connectivity index (χ4v) is 1.63. The van der Waals surface area contributed by atoms with E-state index < -0.39 is 18.1 Å². The van der Waals surface area contributed by atoms with Crippen molar-refractivity contribution in [3.8, 4) is 11.5 Å². The minimum absolute atomic E-state index is 0.118. The zero-order valence-electron chi connectivity index (χ0n) is 10.9. The quantitative estimate of drug-likeness (QED) is 0.796. The molecule has 0 aliphatic carbocycles. The second-order valence-corrected chi connectivity index (χ2v) is 4.15. The van der Waals surface area contributed by atoms with Gasteiger partial charge in [-0.25, -0.2) is 14.4 Å². The van der Waals surface area contributed by atoms with Gasteiger partial charge in [-0.3, -0.25) is 0 Å². The van der Waals surface area contributed by atoms with Gasteiger partial charge in [0.05, 0.1) is 11.3 Å². The second kappa shape index (κ2) is 5.80. The number of rotatable bonds is 4. The summed E-state index contributed by atoms with van der Waals surface area (Å²) in [5.41, 5.74) is 0.492. The predicted molar refractivity (Wildman–Crippen MR) is 70.0 cm³/mol. The van der Waals surface area contributed by atoms with Crippen LogP contribution in [0, 0.1) is 5.82 Å². The summed E-state index contributed by atoms with van der Waals surface area (Å²) in [6.45, 7) is 0. The Morgan fingerprint density at radius 3 is 2.41 bits per heavy atom. The van der Waals surface area contributed by atoms with Crippen molar-refractivity contribution in [2.45, 2.75) is 6.43 Å². The van der Waals surface area contributed by atoms with E-state index in [2.05, 4.69) is 25.5 Å². The highest BCUT2D eigenvalue weighted by molar-refractivity contribution is 5.56. The average molecular weight is 307 g/mol. The summed E-state index contributed by atoms with van der Waals surface area (Å²) < 4.78 is 43.0. The summed E-state index contributed by atoms with van der Waals surface area (Å²) in [7, 11) is 0. The van der Waals surface area contributed by atoms with Crippen molar-refractivity contribution in [3.05, 3.63) is 48.4 Å². The summed E-state index contributed by atoms with van der Waals surface area (Å²) in [4.78, 5) is 7.88. The van der Waals surface area contributed by atoms with E-state index in [1.165, 1.54) is 24.5 Å². The van der Waals surface area contributed by atoms with Gasteiger partial charge in [0.1, 0.15) is 5.82 Å². The Morgan fingerprint density at radius 2 is 1.77 bits per heavy atom. The molecule has 0 saturated heterocycles. The van der Waals surface area contributed by atoms with Crippen LogP contribution in [0.25, 0.3) is 11.5 Å². The van der Waals surface area contributed by atoms with Crippen LogP contribution in [-0.4, -0.2) is 20.2 Å². The van der Waals surface area contributed by atoms with Crippen molar-refractivity contribution in [2.75, 3.05) is 5.32 Å². The molecule has 0 aliphatic rings. The Morgan fingerprint density at radius 1 is 1.05 bits per heavy atom. The SMILES string of the molecule is Fc1ccccc1Nc1ncc(-c2nnc(C(F)F)o2)cn1. The molecule has 6 nitrogen and oxygen atoms in total. The van der Waals surface area contributed by atoms with Crippen LogP contribution in [-0.2, 0) is 0 Å². The third kappa shape index (κ3) is 2.87. The monoisotopic (exact) mass is 307 g/mol. The fraction of sp³-hybridized carbons (Fsp3) is 0.0769. The van der Waals surface area contributed by atoms with Gasteiger partial charge in [-0.15, -0.1) is 10.2 Å². The number of nitrogens with zero attached hydrogens (tertiary/aromatic N) is 4. The van der Waals surface area contributed by atoms with Gasteiger partial charge in [0, 0.05) is 12.4 Å². The van der Waals surface area contributed by atoms with E-state index in [1.54, 1.807) is 12.1 Å². The average Bonchev–Trinajstić information content (AvgIpc) is 3.00. The molecule has 0 aliphatic heterocycles. The largest absolute Gasteiger partial charge is 0.415 e. The third-order valence-electron chi connectivity index (χ3n) is 2.65. The molecule has 22 heavy (non-hydrogen) atoms. The Hall–Kier alpha value is -2.97. The minimum Gasteiger partial charge on any atom is -0.415 e. The van der Waals surface area contributed by atoms with Gasteiger partial charge in [0.15, 0.2) is 0 Å². The molecular weight excluding hydrogens is 299 g/mol. The molecule has 112 valence electrons. The van der Waals surface area contributed by atoms with E-state index in [0.717, 1.165) is 0 Å². The maximum absolute atomic E-state index is 13.5. The van der Waals surface area contributed by atoms with Crippen molar-refractivity contribution in [3.63, 3.8) is 0 Å². The molecule has 0 bridgehead atoms. The summed E-state index contributed by atoms with van der Waals surface area (Å²) in [5.74, 6) is -1.20. The number of nitrogens with one attached hydrogen (secondary N) is 1. The lowest BCUT2D eigenvalue weighted by Crippen LogP contribution is -1.98. The van der Waals surface area contributed by atoms with Crippen LogP contribution in [0.3, 0.4) is 0 Å². The number of anilines is 2. The molecule has 1 N–H and O–H groups in total. The van der Waals surface area contributed by atoms with E-state index in [0.29, 0.717) is 0 Å². The van der Waals surface area contributed by atoms with Gasteiger partial charge in [-0.05, 0) is 12.1 Å². The Bertz CT molecular complexity index is 775.